The minimum absolute atomic E-state index is 0.00306. The number of para-hydroxylation sites is 2. The Hall–Kier alpha value is -4.59. The third-order valence-electron chi connectivity index (χ3n) is 5.45. The number of benzene rings is 3. The monoisotopic (exact) mass is 472 g/mol. The minimum Gasteiger partial charge on any atom is -0.493 e. The van der Waals surface area contributed by atoms with Crippen molar-refractivity contribution in [1.82, 2.24) is 0 Å². The summed E-state index contributed by atoms with van der Waals surface area (Å²) in [5, 5.41) is 14.5. The van der Waals surface area contributed by atoms with Crippen LogP contribution in [0.5, 0.6) is 11.5 Å². The largest absolute Gasteiger partial charge is 0.493 e. The zero-order valence-corrected chi connectivity index (χ0v) is 19.0. The quantitative estimate of drug-likeness (QED) is 0.448. The first-order chi connectivity index (χ1) is 16.9. The number of carboxylic acid groups (broad SMARTS) is 1. The summed E-state index contributed by atoms with van der Waals surface area (Å²) in [5.41, 5.74) is 3.12. The van der Waals surface area contributed by atoms with E-state index >= 15 is 0 Å². The molecule has 3 aromatic rings. The van der Waals surface area contributed by atoms with Gasteiger partial charge < -0.3 is 25.2 Å². The predicted molar refractivity (Wildman–Crippen MR) is 132 cm³/mol. The van der Waals surface area contributed by atoms with E-state index in [9.17, 15) is 14.4 Å². The van der Waals surface area contributed by atoms with Crippen LogP contribution in [0.3, 0.4) is 0 Å². The van der Waals surface area contributed by atoms with Gasteiger partial charge in [0.05, 0.1) is 23.9 Å². The molecule has 0 spiro atoms. The maximum absolute atomic E-state index is 13.0. The molecule has 1 aliphatic rings. The van der Waals surface area contributed by atoms with E-state index in [0.717, 1.165) is 11.1 Å². The molecule has 3 aromatic carbocycles. The van der Waals surface area contributed by atoms with E-state index in [4.69, 9.17) is 14.6 Å². The van der Waals surface area contributed by atoms with Crippen molar-refractivity contribution in [2.45, 2.75) is 12.8 Å². The molecule has 8 nitrogen and oxygen atoms in total. The number of rotatable bonds is 8. The Balaban J connectivity index is 1.49. The van der Waals surface area contributed by atoms with Gasteiger partial charge in [0.1, 0.15) is 6.61 Å². The number of aryl methyl sites for hydroxylation is 1. The van der Waals surface area contributed by atoms with E-state index in [2.05, 4.69) is 10.6 Å². The molecule has 178 valence electrons. The highest BCUT2D eigenvalue weighted by atomic mass is 16.5. The Labute approximate surface area is 202 Å². The molecule has 0 aliphatic carbocycles. The van der Waals surface area contributed by atoms with Crippen LogP contribution in [0, 0.1) is 0 Å². The van der Waals surface area contributed by atoms with Crippen LogP contribution in [-0.4, -0.2) is 36.6 Å². The third kappa shape index (κ3) is 5.67. The number of fused-ring (bicyclic) bond motifs is 1. The number of nitrogens with one attached hydrogen (secondary N) is 2. The van der Waals surface area contributed by atoms with Crippen molar-refractivity contribution in [3.63, 3.8) is 0 Å². The smallest absolute Gasteiger partial charge is 0.303 e. The predicted octanol–water partition coefficient (Wildman–Crippen LogP) is 4.38. The number of carbonyl (C=O) groups excluding carboxylic acids is 2. The normalized spacial score (nSPS) is 12.0. The Kier molecular flexibility index (Phi) is 7.11. The van der Waals surface area contributed by atoms with Crippen LogP contribution in [0.1, 0.15) is 27.9 Å². The molecule has 1 heterocycles. The van der Waals surface area contributed by atoms with Crippen molar-refractivity contribution < 1.29 is 29.0 Å². The van der Waals surface area contributed by atoms with Crippen LogP contribution in [-0.2, 0) is 16.0 Å². The highest BCUT2D eigenvalue weighted by molar-refractivity contribution is 6.13. The van der Waals surface area contributed by atoms with Gasteiger partial charge in [0, 0.05) is 17.7 Å². The molecule has 1 aliphatic heterocycles. The number of hydrogen-bond acceptors (Lipinski definition) is 5. The van der Waals surface area contributed by atoms with Gasteiger partial charge in [0.2, 0.25) is 0 Å². The number of amides is 2. The topological polar surface area (TPSA) is 114 Å². The van der Waals surface area contributed by atoms with Gasteiger partial charge in [0.25, 0.3) is 11.8 Å². The van der Waals surface area contributed by atoms with E-state index in [0.29, 0.717) is 34.9 Å². The van der Waals surface area contributed by atoms with E-state index in [1.165, 1.54) is 0 Å². The number of ether oxygens (including phenoxy) is 2. The summed E-state index contributed by atoms with van der Waals surface area (Å²) in [7, 11) is 1.55. The lowest BCUT2D eigenvalue weighted by Crippen LogP contribution is -2.23. The van der Waals surface area contributed by atoms with Crippen molar-refractivity contribution in [3.05, 3.63) is 89.0 Å². The lowest BCUT2D eigenvalue weighted by atomic mass is 10.1. The van der Waals surface area contributed by atoms with E-state index in [1.807, 2.05) is 12.1 Å². The molecule has 8 heteroatoms. The molecule has 35 heavy (non-hydrogen) atoms. The van der Waals surface area contributed by atoms with Crippen LogP contribution in [0.4, 0.5) is 11.4 Å². The highest BCUT2D eigenvalue weighted by Crippen LogP contribution is 2.35. The van der Waals surface area contributed by atoms with Gasteiger partial charge in [-0.15, -0.1) is 0 Å². The summed E-state index contributed by atoms with van der Waals surface area (Å²) in [6, 6.07) is 19.1. The molecule has 0 radical (unpaired) electrons. The van der Waals surface area contributed by atoms with Gasteiger partial charge in [-0.1, -0.05) is 36.4 Å². The SMILES string of the molecule is COc1cccc2c1OCC(C(=O)Nc1ccccc1C(=O)Nc1cccc(CCC(=O)O)c1)=C2. The fourth-order valence-electron chi connectivity index (χ4n) is 3.72. The van der Waals surface area contributed by atoms with Crippen LogP contribution in [0.15, 0.2) is 72.3 Å². The Morgan fingerprint density at radius 1 is 0.971 bits per heavy atom. The zero-order chi connectivity index (χ0) is 24.8. The maximum atomic E-state index is 13.0. The lowest BCUT2D eigenvalue weighted by Gasteiger charge is -2.20. The van der Waals surface area contributed by atoms with Gasteiger partial charge in [-0.3, -0.25) is 14.4 Å². The van der Waals surface area contributed by atoms with Crippen molar-refractivity contribution >= 4 is 35.2 Å². The minimum atomic E-state index is -0.884. The molecule has 3 N–H and O–H groups in total. The van der Waals surface area contributed by atoms with Crippen LogP contribution in [0.25, 0.3) is 6.08 Å². The number of anilines is 2. The highest BCUT2D eigenvalue weighted by Gasteiger charge is 2.21. The van der Waals surface area contributed by atoms with E-state index in [1.54, 1.807) is 67.8 Å². The van der Waals surface area contributed by atoms with Crippen molar-refractivity contribution in [3.8, 4) is 11.5 Å². The Morgan fingerprint density at radius 3 is 2.57 bits per heavy atom. The summed E-state index contributed by atoms with van der Waals surface area (Å²) in [6.07, 6.45) is 2.10. The van der Waals surface area contributed by atoms with Crippen LogP contribution in [0.2, 0.25) is 0 Å². The van der Waals surface area contributed by atoms with Crippen LogP contribution >= 0.6 is 0 Å². The number of carbonyl (C=O) groups is 3. The van der Waals surface area contributed by atoms with Gasteiger partial charge in [0.15, 0.2) is 11.5 Å². The number of hydrogen-bond donors (Lipinski definition) is 3. The molecular weight excluding hydrogens is 448 g/mol. The first-order valence-corrected chi connectivity index (χ1v) is 11.0. The lowest BCUT2D eigenvalue weighted by molar-refractivity contribution is -0.137. The molecule has 0 fully saturated rings. The van der Waals surface area contributed by atoms with E-state index in [-0.39, 0.29) is 24.5 Å². The van der Waals surface area contributed by atoms with E-state index < -0.39 is 11.9 Å². The fraction of sp³-hybridized carbons (Fsp3) is 0.148. The molecule has 0 unspecified atom stereocenters. The number of methoxy groups -OCH3 is 1. The summed E-state index contributed by atoms with van der Waals surface area (Å²) in [6.45, 7) is 0.0662. The second kappa shape index (κ2) is 10.6. The molecule has 0 atom stereocenters. The Morgan fingerprint density at radius 2 is 1.77 bits per heavy atom. The average molecular weight is 472 g/mol. The molecule has 0 saturated carbocycles. The standard InChI is InChI=1S/C27H24N2O6/c1-34-23-11-5-7-18-15-19(16-35-25(18)23)26(32)29-22-10-3-2-9-21(22)27(33)28-20-8-4-6-17(14-20)12-13-24(30)31/h2-11,14-15H,12-13,16H2,1H3,(H,28,33)(H,29,32)(H,30,31). The van der Waals surface area contributed by atoms with Gasteiger partial charge in [-0.25, -0.2) is 0 Å². The molecule has 2 amide bonds. The first-order valence-electron chi connectivity index (χ1n) is 11.0. The van der Waals surface area contributed by atoms with Crippen molar-refractivity contribution in [2.75, 3.05) is 24.4 Å². The van der Waals surface area contributed by atoms with Crippen molar-refractivity contribution in [1.29, 1.82) is 0 Å². The maximum Gasteiger partial charge on any atom is 0.303 e. The van der Waals surface area contributed by atoms with Gasteiger partial charge >= 0.3 is 5.97 Å². The third-order valence-corrected chi connectivity index (χ3v) is 5.45. The molecular formula is C27H24N2O6. The molecule has 4 rings (SSSR count). The number of carboxylic acids is 1. The summed E-state index contributed by atoms with van der Waals surface area (Å²) in [4.78, 5) is 36.8. The second-order valence-electron chi connectivity index (χ2n) is 7.88. The average Bonchev–Trinajstić information content (AvgIpc) is 2.87. The summed E-state index contributed by atoms with van der Waals surface area (Å²) in [5.74, 6) is -0.496. The molecule has 0 saturated heterocycles. The molecule has 0 bridgehead atoms. The van der Waals surface area contributed by atoms with Gasteiger partial charge in [-0.05, 0) is 48.4 Å². The molecule has 0 aromatic heterocycles. The van der Waals surface area contributed by atoms with Crippen LogP contribution < -0.4 is 20.1 Å². The number of aliphatic carboxylic acids is 1. The summed E-state index contributed by atoms with van der Waals surface area (Å²) >= 11 is 0. The summed E-state index contributed by atoms with van der Waals surface area (Å²) < 4.78 is 11.1. The van der Waals surface area contributed by atoms with Crippen molar-refractivity contribution in [2.24, 2.45) is 0 Å². The first kappa shape index (κ1) is 23.6. The second-order valence-corrected chi connectivity index (χ2v) is 7.88. The zero-order valence-electron chi connectivity index (χ0n) is 19.0. The fourth-order valence-corrected chi connectivity index (χ4v) is 3.72. The van der Waals surface area contributed by atoms with Gasteiger partial charge in [-0.2, -0.15) is 0 Å². The Bertz CT molecular complexity index is 1310.